The molecule has 1 aliphatic rings. The lowest BCUT2D eigenvalue weighted by Gasteiger charge is -2.25. The van der Waals surface area contributed by atoms with Gasteiger partial charge in [-0.25, -0.2) is 0 Å². The quantitative estimate of drug-likeness (QED) is 0.584. The van der Waals surface area contributed by atoms with E-state index in [9.17, 15) is 4.79 Å². The van der Waals surface area contributed by atoms with Crippen molar-refractivity contribution in [1.29, 1.82) is 0 Å². The Labute approximate surface area is 80.7 Å². The number of esters is 1. The Bertz CT molecular complexity index is 173. The van der Waals surface area contributed by atoms with Gasteiger partial charge in [-0.15, -0.1) is 0 Å². The lowest BCUT2D eigenvalue weighted by atomic mass is 9.89. The highest BCUT2D eigenvalue weighted by Gasteiger charge is 2.26. The zero-order valence-electron chi connectivity index (χ0n) is 8.80. The number of hydrogen-bond donors (Lipinski definition) is 0. The normalized spacial score (nSPS) is 19.9. The summed E-state index contributed by atoms with van der Waals surface area (Å²) in [6.45, 7) is 5.75. The van der Waals surface area contributed by atoms with Crippen molar-refractivity contribution >= 4 is 5.97 Å². The standard InChI is InChI=1S/C11H19O2/c1-11(2,3)13-10(12)9-7-5-4-6-8-9/h4,9H,5-8H2,1-3H3. The molecule has 1 radical (unpaired) electrons. The number of hydrogen-bond acceptors (Lipinski definition) is 2. The molecule has 0 aromatic rings. The first-order valence-electron chi connectivity index (χ1n) is 5.03. The van der Waals surface area contributed by atoms with Gasteiger partial charge in [0, 0.05) is 0 Å². The van der Waals surface area contributed by atoms with E-state index in [0.29, 0.717) is 0 Å². The van der Waals surface area contributed by atoms with Crippen molar-refractivity contribution in [3.8, 4) is 0 Å². The van der Waals surface area contributed by atoms with E-state index in [-0.39, 0.29) is 17.5 Å². The fourth-order valence-corrected chi connectivity index (χ4v) is 1.55. The lowest BCUT2D eigenvalue weighted by Crippen LogP contribution is -2.29. The van der Waals surface area contributed by atoms with Crippen LogP contribution in [0.5, 0.6) is 0 Å². The monoisotopic (exact) mass is 183 g/mol. The largest absolute Gasteiger partial charge is 0.460 e. The smallest absolute Gasteiger partial charge is 0.309 e. The molecule has 1 saturated carbocycles. The first-order chi connectivity index (χ1) is 5.99. The van der Waals surface area contributed by atoms with Crippen molar-refractivity contribution in [1.82, 2.24) is 0 Å². The molecular formula is C11H19O2. The Kier molecular flexibility index (Phi) is 3.34. The van der Waals surface area contributed by atoms with E-state index in [4.69, 9.17) is 4.74 Å². The number of ether oxygens (including phenoxy) is 1. The highest BCUT2D eigenvalue weighted by atomic mass is 16.6. The van der Waals surface area contributed by atoms with Crippen LogP contribution in [0.3, 0.4) is 0 Å². The van der Waals surface area contributed by atoms with E-state index in [1.807, 2.05) is 20.8 Å². The van der Waals surface area contributed by atoms with E-state index >= 15 is 0 Å². The molecule has 0 heterocycles. The van der Waals surface area contributed by atoms with Gasteiger partial charge in [-0.2, -0.15) is 0 Å². The van der Waals surface area contributed by atoms with Crippen molar-refractivity contribution in [2.75, 3.05) is 0 Å². The molecule has 0 aromatic heterocycles. The molecule has 0 aromatic carbocycles. The molecule has 13 heavy (non-hydrogen) atoms. The summed E-state index contributed by atoms with van der Waals surface area (Å²) in [4.78, 5) is 11.6. The first kappa shape index (κ1) is 10.6. The van der Waals surface area contributed by atoms with Gasteiger partial charge in [0.25, 0.3) is 0 Å². The third-order valence-electron chi connectivity index (χ3n) is 2.18. The van der Waals surface area contributed by atoms with Gasteiger partial charge in [0.1, 0.15) is 5.60 Å². The molecule has 0 aliphatic heterocycles. The molecule has 0 saturated heterocycles. The summed E-state index contributed by atoms with van der Waals surface area (Å²) >= 11 is 0. The maximum atomic E-state index is 11.6. The molecule has 1 fully saturated rings. The Morgan fingerprint density at radius 2 is 1.85 bits per heavy atom. The van der Waals surface area contributed by atoms with Gasteiger partial charge < -0.3 is 4.74 Å². The van der Waals surface area contributed by atoms with Crippen LogP contribution in [-0.2, 0) is 9.53 Å². The summed E-state index contributed by atoms with van der Waals surface area (Å²) in [5.74, 6) is 0.129. The van der Waals surface area contributed by atoms with E-state index in [1.54, 1.807) is 0 Å². The van der Waals surface area contributed by atoms with E-state index in [1.165, 1.54) is 0 Å². The zero-order chi connectivity index (χ0) is 9.90. The molecule has 75 valence electrons. The average Bonchev–Trinajstić information content (AvgIpc) is 2.03. The highest BCUT2D eigenvalue weighted by Crippen LogP contribution is 2.25. The Balaban J connectivity index is 2.38. The zero-order valence-corrected chi connectivity index (χ0v) is 8.80. The van der Waals surface area contributed by atoms with Crippen LogP contribution in [0, 0.1) is 12.3 Å². The summed E-state index contributed by atoms with van der Waals surface area (Å²) in [5, 5.41) is 0. The summed E-state index contributed by atoms with van der Waals surface area (Å²) in [6.07, 6.45) is 6.30. The number of carbonyl (C=O) groups is 1. The lowest BCUT2D eigenvalue weighted by molar-refractivity contribution is -0.160. The molecule has 2 nitrogen and oxygen atoms in total. The predicted molar refractivity (Wildman–Crippen MR) is 52.1 cm³/mol. The van der Waals surface area contributed by atoms with Crippen molar-refractivity contribution in [2.24, 2.45) is 5.92 Å². The minimum Gasteiger partial charge on any atom is -0.460 e. The highest BCUT2D eigenvalue weighted by molar-refractivity contribution is 5.73. The van der Waals surface area contributed by atoms with Crippen LogP contribution in [-0.4, -0.2) is 11.6 Å². The van der Waals surface area contributed by atoms with Crippen LogP contribution in [0.1, 0.15) is 46.5 Å². The second-order valence-corrected chi connectivity index (χ2v) is 4.67. The molecule has 1 aliphatic carbocycles. The molecular weight excluding hydrogens is 164 g/mol. The molecule has 0 N–H and O–H groups in total. The molecule has 1 rings (SSSR count). The maximum Gasteiger partial charge on any atom is 0.309 e. The average molecular weight is 183 g/mol. The van der Waals surface area contributed by atoms with Gasteiger partial charge in [0.2, 0.25) is 0 Å². The molecule has 0 bridgehead atoms. The van der Waals surface area contributed by atoms with Crippen LogP contribution in [0.25, 0.3) is 0 Å². The summed E-state index contributed by atoms with van der Waals surface area (Å²) in [5.41, 5.74) is -0.335. The summed E-state index contributed by atoms with van der Waals surface area (Å²) < 4.78 is 5.32. The van der Waals surface area contributed by atoms with Crippen molar-refractivity contribution < 1.29 is 9.53 Å². The molecule has 0 amide bonds. The minimum atomic E-state index is -0.335. The van der Waals surface area contributed by atoms with Crippen LogP contribution in [0.2, 0.25) is 0 Å². The summed E-state index contributed by atoms with van der Waals surface area (Å²) in [7, 11) is 0. The van der Waals surface area contributed by atoms with Gasteiger partial charge in [0.15, 0.2) is 0 Å². The van der Waals surface area contributed by atoms with Gasteiger partial charge in [-0.05, 0) is 52.9 Å². The van der Waals surface area contributed by atoms with Gasteiger partial charge in [-0.1, -0.05) is 0 Å². The van der Waals surface area contributed by atoms with Crippen LogP contribution >= 0.6 is 0 Å². The Morgan fingerprint density at radius 1 is 1.31 bits per heavy atom. The topological polar surface area (TPSA) is 26.3 Å². The van der Waals surface area contributed by atoms with Crippen LogP contribution < -0.4 is 0 Å². The predicted octanol–water partition coefficient (Wildman–Crippen LogP) is 2.72. The van der Waals surface area contributed by atoms with E-state index in [2.05, 4.69) is 6.42 Å². The van der Waals surface area contributed by atoms with E-state index < -0.39 is 0 Å². The number of carbonyl (C=O) groups excluding carboxylic acids is 1. The molecule has 2 heteroatoms. The second-order valence-electron chi connectivity index (χ2n) is 4.67. The SMILES string of the molecule is CC(C)(C)OC(=O)C1CC[CH]CC1. The van der Waals surface area contributed by atoms with Crippen LogP contribution in [0.15, 0.2) is 0 Å². The van der Waals surface area contributed by atoms with E-state index in [0.717, 1.165) is 25.7 Å². The molecule has 0 atom stereocenters. The van der Waals surface area contributed by atoms with Crippen LogP contribution in [0.4, 0.5) is 0 Å². The van der Waals surface area contributed by atoms with Gasteiger partial charge >= 0.3 is 5.97 Å². The second kappa shape index (κ2) is 4.12. The summed E-state index contributed by atoms with van der Waals surface area (Å²) in [6, 6.07) is 0. The number of rotatable bonds is 1. The first-order valence-corrected chi connectivity index (χ1v) is 5.03. The molecule has 0 unspecified atom stereocenters. The Morgan fingerprint density at radius 3 is 2.31 bits per heavy atom. The third-order valence-corrected chi connectivity index (χ3v) is 2.18. The third kappa shape index (κ3) is 3.79. The van der Waals surface area contributed by atoms with Crippen molar-refractivity contribution in [3.63, 3.8) is 0 Å². The van der Waals surface area contributed by atoms with Crippen molar-refractivity contribution in [3.05, 3.63) is 6.42 Å². The Hall–Kier alpha value is -0.530. The molecule has 0 spiro atoms. The van der Waals surface area contributed by atoms with Crippen molar-refractivity contribution in [2.45, 2.75) is 52.1 Å². The van der Waals surface area contributed by atoms with Gasteiger partial charge in [-0.3, -0.25) is 4.79 Å². The fourth-order valence-electron chi connectivity index (χ4n) is 1.55. The van der Waals surface area contributed by atoms with Gasteiger partial charge in [0.05, 0.1) is 5.92 Å². The minimum absolute atomic E-state index is 0.0133. The fraction of sp³-hybridized carbons (Fsp3) is 0.818. The maximum absolute atomic E-state index is 11.6.